The smallest absolute Gasteiger partial charge is 0.272 e. The summed E-state index contributed by atoms with van der Waals surface area (Å²) in [5, 5.41) is 7.14. The normalized spacial score (nSPS) is 10.5. The van der Waals surface area contributed by atoms with Gasteiger partial charge in [-0.05, 0) is 42.8 Å². The third kappa shape index (κ3) is 3.45. The number of para-hydroxylation sites is 1. The molecular weight excluding hydrogens is 293 g/mol. The van der Waals surface area contributed by atoms with Gasteiger partial charge in [-0.3, -0.25) is 4.79 Å². The molecule has 0 bridgehead atoms. The first-order chi connectivity index (χ1) is 11.1. The number of carbonyl (C=O) groups is 1. The summed E-state index contributed by atoms with van der Waals surface area (Å²) >= 11 is 0. The second-order valence-corrected chi connectivity index (χ2v) is 5.23. The molecule has 1 aromatic heterocycles. The number of rotatable bonds is 4. The molecule has 0 atom stereocenters. The average Bonchev–Trinajstić information content (AvgIpc) is 2.97. The zero-order valence-corrected chi connectivity index (χ0v) is 12.7. The van der Waals surface area contributed by atoms with Gasteiger partial charge in [0.15, 0.2) is 5.69 Å². The molecule has 0 fully saturated rings. The summed E-state index contributed by atoms with van der Waals surface area (Å²) in [5.41, 5.74) is 2.97. The fourth-order valence-electron chi connectivity index (χ4n) is 2.29. The van der Waals surface area contributed by atoms with Crippen LogP contribution in [0.15, 0.2) is 60.7 Å². The molecule has 0 spiro atoms. The van der Waals surface area contributed by atoms with Gasteiger partial charge < -0.3 is 5.32 Å². The predicted molar refractivity (Wildman–Crippen MR) is 85.9 cm³/mol. The number of carbonyl (C=O) groups excluding carboxylic acids is 1. The average molecular weight is 309 g/mol. The Morgan fingerprint density at radius 2 is 1.83 bits per heavy atom. The third-order valence-corrected chi connectivity index (χ3v) is 3.49. The monoisotopic (exact) mass is 309 g/mol. The molecule has 1 N–H and O–H groups in total. The fraction of sp³-hybridized carbons (Fsp3) is 0.111. The lowest BCUT2D eigenvalue weighted by Gasteiger charge is -2.04. The van der Waals surface area contributed by atoms with Gasteiger partial charge in [-0.1, -0.05) is 30.3 Å². The van der Waals surface area contributed by atoms with Gasteiger partial charge in [-0.2, -0.15) is 5.10 Å². The molecule has 23 heavy (non-hydrogen) atoms. The minimum Gasteiger partial charge on any atom is -0.347 e. The van der Waals surface area contributed by atoms with E-state index in [1.54, 1.807) is 22.9 Å². The molecule has 0 aliphatic carbocycles. The van der Waals surface area contributed by atoms with Gasteiger partial charge in [0, 0.05) is 12.2 Å². The van der Waals surface area contributed by atoms with Crippen LogP contribution in [0.1, 0.15) is 21.7 Å². The van der Waals surface area contributed by atoms with E-state index >= 15 is 0 Å². The van der Waals surface area contributed by atoms with Crippen molar-refractivity contribution >= 4 is 5.91 Å². The van der Waals surface area contributed by atoms with E-state index in [-0.39, 0.29) is 11.7 Å². The second kappa shape index (κ2) is 6.44. The molecule has 3 rings (SSSR count). The summed E-state index contributed by atoms with van der Waals surface area (Å²) in [5.74, 6) is -0.551. The third-order valence-electron chi connectivity index (χ3n) is 3.49. The summed E-state index contributed by atoms with van der Waals surface area (Å²) in [4.78, 5) is 12.2. The zero-order valence-electron chi connectivity index (χ0n) is 12.7. The molecule has 0 aliphatic heterocycles. The van der Waals surface area contributed by atoms with Crippen molar-refractivity contribution in [3.63, 3.8) is 0 Å². The van der Waals surface area contributed by atoms with Crippen molar-refractivity contribution in [2.24, 2.45) is 0 Å². The Morgan fingerprint density at radius 1 is 1.13 bits per heavy atom. The fourth-order valence-corrected chi connectivity index (χ4v) is 2.29. The SMILES string of the molecule is Cc1cc(C(=O)NCc2ccc(F)cc2)nn1-c1ccccc1. The van der Waals surface area contributed by atoms with Crippen molar-refractivity contribution in [2.45, 2.75) is 13.5 Å². The lowest BCUT2D eigenvalue weighted by atomic mass is 10.2. The Hall–Kier alpha value is -2.95. The molecule has 1 amide bonds. The summed E-state index contributed by atoms with van der Waals surface area (Å²) in [7, 11) is 0. The highest BCUT2D eigenvalue weighted by Crippen LogP contribution is 2.12. The van der Waals surface area contributed by atoms with Crippen molar-refractivity contribution in [3.05, 3.63) is 83.4 Å². The first kappa shape index (κ1) is 15.0. The first-order valence-corrected chi connectivity index (χ1v) is 7.28. The van der Waals surface area contributed by atoms with E-state index in [2.05, 4.69) is 10.4 Å². The van der Waals surface area contributed by atoms with Crippen LogP contribution in [0.2, 0.25) is 0 Å². The Labute approximate surface area is 133 Å². The van der Waals surface area contributed by atoms with Crippen LogP contribution in [-0.4, -0.2) is 15.7 Å². The molecule has 5 heteroatoms. The summed E-state index contributed by atoms with van der Waals surface area (Å²) in [6.07, 6.45) is 0. The van der Waals surface area contributed by atoms with E-state index in [9.17, 15) is 9.18 Å². The quantitative estimate of drug-likeness (QED) is 0.804. The van der Waals surface area contributed by atoms with E-state index in [1.165, 1.54) is 12.1 Å². The Kier molecular flexibility index (Phi) is 4.19. The van der Waals surface area contributed by atoms with Gasteiger partial charge in [0.25, 0.3) is 5.91 Å². The van der Waals surface area contributed by atoms with Crippen LogP contribution in [0.4, 0.5) is 4.39 Å². The lowest BCUT2D eigenvalue weighted by molar-refractivity contribution is 0.0945. The van der Waals surface area contributed by atoms with Crippen molar-refractivity contribution in [1.82, 2.24) is 15.1 Å². The van der Waals surface area contributed by atoms with Crippen molar-refractivity contribution in [2.75, 3.05) is 0 Å². The van der Waals surface area contributed by atoms with Gasteiger partial charge in [-0.25, -0.2) is 9.07 Å². The molecule has 3 aromatic rings. The molecule has 0 radical (unpaired) electrons. The number of aromatic nitrogens is 2. The minimum absolute atomic E-state index is 0.257. The van der Waals surface area contributed by atoms with E-state index in [0.29, 0.717) is 12.2 Å². The maximum absolute atomic E-state index is 12.9. The minimum atomic E-state index is -0.294. The largest absolute Gasteiger partial charge is 0.347 e. The number of amides is 1. The number of aryl methyl sites for hydroxylation is 1. The molecule has 0 aliphatic rings. The lowest BCUT2D eigenvalue weighted by Crippen LogP contribution is -2.23. The predicted octanol–water partition coefficient (Wildman–Crippen LogP) is 3.25. The molecule has 0 unspecified atom stereocenters. The van der Waals surface area contributed by atoms with Crippen LogP contribution < -0.4 is 5.32 Å². The van der Waals surface area contributed by atoms with Gasteiger partial charge >= 0.3 is 0 Å². The number of hydrogen-bond acceptors (Lipinski definition) is 2. The van der Waals surface area contributed by atoms with Gasteiger partial charge in [0.1, 0.15) is 5.82 Å². The molecule has 0 saturated heterocycles. The Morgan fingerprint density at radius 3 is 2.52 bits per heavy atom. The van der Waals surface area contributed by atoms with Crippen LogP contribution in [0.5, 0.6) is 0 Å². The van der Waals surface area contributed by atoms with Crippen LogP contribution in [-0.2, 0) is 6.54 Å². The molecular formula is C18H16FN3O. The molecule has 4 nitrogen and oxygen atoms in total. The van der Waals surface area contributed by atoms with Crippen LogP contribution in [0.3, 0.4) is 0 Å². The van der Waals surface area contributed by atoms with Crippen LogP contribution >= 0.6 is 0 Å². The maximum atomic E-state index is 12.9. The van der Waals surface area contributed by atoms with E-state index in [4.69, 9.17) is 0 Å². The highest BCUT2D eigenvalue weighted by atomic mass is 19.1. The van der Waals surface area contributed by atoms with Crippen LogP contribution in [0, 0.1) is 12.7 Å². The number of nitrogens with one attached hydrogen (secondary N) is 1. The second-order valence-electron chi connectivity index (χ2n) is 5.23. The number of hydrogen-bond donors (Lipinski definition) is 1. The Bertz CT molecular complexity index is 810. The molecule has 0 saturated carbocycles. The number of benzene rings is 2. The van der Waals surface area contributed by atoms with Crippen molar-refractivity contribution in [3.8, 4) is 5.69 Å². The summed E-state index contributed by atoms with van der Waals surface area (Å²) < 4.78 is 14.6. The molecule has 116 valence electrons. The maximum Gasteiger partial charge on any atom is 0.272 e. The van der Waals surface area contributed by atoms with Crippen molar-refractivity contribution < 1.29 is 9.18 Å². The van der Waals surface area contributed by atoms with E-state index in [1.807, 2.05) is 37.3 Å². The van der Waals surface area contributed by atoms with E-state index in [0.717, 1.165) is 16.9 Å². The highest BCUT2D eigenvalue weighted by Gasteiger charge is 2.12. The molecule has 1 heterocycles. The first-order valence-electron chi connectivity index (χ1n) is 7.28. The van der Waals surface area contributed by atoms with Gasteiger partial charge in [-0.15, -0.1) is 0 Å². The van der Waals surface area contributed by atoms with Crippen molar-refractivity contribution in [1.29, 1.82) is 0 Å². The van der Waals surface area contributed by atoms with Crippen LogP contribution in [0.25, 0.3) is 5.69 Å². The summed E-state index contributed by atoms with van der Waals surface area (Å²) in [6.45, 7) is 2.23. The standard InChI is InChI=1S/C18H16FN3O/c1-13-11-17(21-22(13)16-5-3-2-4-6-16)18(23)20-12-14-7-9-15(19)10-8-14/h2-11H,12H2,1H3,(H,20,23). The number of nitrogens with zero attached hydrogens (tertiary/aromatic N) is 2. The molecule has 2 aromatic carbocycles. The topological polar surface area (TPSA) is 46.9 Å². The summed E-state index contributed by atoms with van der Waals surface area (Å²) in [6, 6.07) is 17.4. The van der Waals surface area contributed by atoms with Gasteiger partial charge in [0.2, 0.25) is 0 Å². The Balaban J connectivity index is 1.72. The van der Waals surface area contributed by atoms with Gasteiger partial charge in [0.05, 0.1) is 5.69 Å². The van der Waals surface area contributed by atoms with E-state index < -0.39 is 0 Å². The number of halogens is 1. The zero-order chi connectivity index (χ0) is 16.2. The highest BCUT2D eigenvalue weighted by molar-refractivity contribution is 5.92.